The average molecular weight is 509 g/mol. The standard InChI is InChI=1S/C29H34F2N4O2/c30-22-3-2-20(12-23(22)31)28(6-1-7-28)16-34-26(36)25(32)24-18-10-17-11-19(24)15-29(13-17,14-18)27(37)35-21-4-8-33-9-5-21/h2-5,8-9,12,17-19,24-25H,1,6-7,10-11,13-16,32H2,(H,34,36)(H,33,35,37). The van der Waals surface area contributed by atoms with Gasteiger partial charge < -0.3 is 16.4 Å². The van der Waals surface area contributed by atoms with E-state index in [0.717, 1.165) is 68.7 Å². The van der Waals surface area contributed by atoms with Crippen LogP contribution in [0.2, 0.25) is 0 Å². The molecule has 0 spiro atoms. The minimum absolute atomic E-state index is 0.0546. The summed E-state index contributed by atoms with van der Waals surface area (Å²) in [7, 11) is 0. The lowest BCUT2D eigenvalue weighted by molar-refractivity contribution is -0.151. The molecule has 4 N–H and O–H groups in total. The maximum absolute atomic E-state index is 13.9. The van der Waals surface area contributed by atoms with E-state index in [9.17, 15) is 18.4 Å². The van der Waals surface area contributed by atoms with E-state index in [1.54, 1.807) is 30.6 Å². The minimum Gasteiger partial charge on any atom is -0.354 e. The third-order valence-corrected chi connectivity index (χ3v) is 9.93. The molecular formula is C29H34F2N4O2. The Balaban J connectivity index is 1.12. The fourth-order valence-corrected chi connectivity index (χ4v) is 8.17. The SMILES string of the molecule is NC(C(=O)NCC1(c2ccc(F)c(F)c2)CCC1)C1C2CC3CC1CC(C(=O)Nc1ccncc1)(C3)C2. The molecule has 6 nitrogen and oxygen atoms in total. The van der Waals surface area contributed by atoms with Gasteiger partial charge in [-0.15, -0.1) is 0 Å². The van der Waals surface area contributed by atoms with Crippen molar-refractivity contribution in [2.75, 3.05) is 11.9 Å². The molecule has 0 aliphatic heterocycles. The molecule has 0 radical (unpaired) electrons. The number of benzene rings is 1. The Morgan fingerprint density at radius 2 is 1.73 bits per heavy atom. The van der Waals surface area contributed by atoms with Crippen LogP contribution in [0, 0.1) is 40.7 Å². The van der Waals surface area contributed by atoms with E-state index in [-0.39, 0.29) is 35.0 Å². The number of nitrogens with zero attached hydrogens (tertiary/aromatic N) is 1. The number of hydrogen-bond acceptors (Lipinski definition) is 4. The second kappa shape index (κ2) is 9.15. The summed E-state index contributed by atoms with van der Waals surface area (Å²) in [5.74, 6) is -0.772. The van der Waals surface area contributed by atoms with Crippen molar-refractivity contribution in [3.05, 3.63) is 59.9 Å². The monoisotopic (exact) mass is 508 g/mol. The summed E-state index contributed by atoms with van der Waals surface area (Å²) < 4.78 is 27.4. The highest BCUT2D eigenvalue weighted by molar-refractivity contribution is 5.95. The lowest BCUT2D eigenvalue weighted by Gasteiger charge is -2.60. The normalized spacial score (nSPS) is 31.9. The van der Waals surface area contributed by atoms with Gasteiger partial charge in [-0.3, -0.25) is 14.6 Å². The highest BCUT2D eigenvalue weighted by atomic mass is 19.2. The maximum Gasteiger partial charge on any atom is 0.237 e. The number of carbonyl (C=O) groups excluding carboxylic acids is 2. The number of anilines is 1. The molecule has 5 saturated carbocycles. The van der Waals surface area contributed by atoms with Gasteiger partial charge in [-0.25, -0.2) is 8.78 Å². The molecule has 1 aromatic carbocycles. The first kappa shape index (κ1) is 24.5. The van der Waals surface area contributed by atoms with Crippen LogP contribution in [-0.4, -0.2) is 29.4 Å². The number of nitrogens with one attached hydrogen (secondary N) is 2. The number of halogens is 2. The molecule has 2 aromatic rings. The zero-order valence-corrected chi connectivity index (χ0v) is 20.9. The molecular weight excluding hydrogens is 474 g/mol. The summed E-state index contributed by atoms with van der Waals surface area (Å²) >= 11 is 0. The lowest BCUT2D eigenvalue weighted by Crippen LogP contribution is -2.61. The molecule has 0 saturated heterocycles. The number of pyridine rings is 1. The van der Waals surface area contributed by atoms with Gasteiger partial charge in [0.15, 0.2) is 11.6 Å². The van der Waals surface area contributed by atoms with E-state index in [4.69, 9.17) is 5.73 Å². The van der Waals surface area contributed by atoms with Crippen molar-refractivity contribution in [2.45, 2.75) is 62.8 Å². The largest absolute Gasteiger partial charge is 0.354 e. The maximum atomic E-state index is 13.9. The second-order valence-electron chi connectivity index (χ2n) is 12.0. The Morgan fingerprint density at radius 3 is 2.35 bits per heavy atom. The van der Waals surface area contributed by atoms with Crippen molar-refractivity contribution in [1.29, 1.82) is 0 Å². The second-order valence-corrected chi connectivity index (χ2v) is 12.0. The smallest absolute Gasteiger partial charge is 0.237 e. The lowest BCUT2D eigenvalue weighted by atomic mass is 9.45. The van der Waals surface area contributed by atoms with Crippen LogP contribution >= 0.6 is 0 Å². The van der Waals surface area contributed by atoms with E-state index in [0.29, 0.717) is 12.5 Å². The molecule has 37 heavy (non-hydrogen) atoms. The molecule has 5 aliphatic rings. The molecule has 2 amide bonds. The zero-order chi connectivity index (χ0) is 25.8. The third kappa shape index (κ3) is 4.23. The number of aromatic nitrogens is 1. The Labute approximate surface area is 215 Å². The number of hydrogen-bond donors (Lipinski definition) is 3. The first-order valence-electron chi connectivity index (χ1n) is 13.5. The van der Waals surface area contributed by atoms with Gasteiger partial charge in [-0.2, -0.15) is 0 Å². The predicted molar refractivity (Wildman–Crippen MR) is 135 cm³/mol. The summed E-state index contributed by atoms with van der Waals surface area (Å²) in [4.78, 5) is 30.7. The molecule has 8 heteroatoms. The molecule has 3 unspecified atom stereocenters. The van der Waals surface area contributed by atoms with Crippen LogP contribution in [-0.2, 0) is 15.0 Å². The predicted octanol–water partition coefficient (Wildman–Crippen LogP) is 4.31. The Bertz CT molecular complexity index is 1190. The molecule has 4 bridgehead atoms. The molecule has 1 heterocycles. The quantitative estimate of drug-likeness (QED) is 0.519. The summed E-state index contributed by atoms with van der Waals surface area (Å²) in [5, 5.41) is 6.17. The van der Waals surface area contributed by atoms with Crippen molar-refractivity contribution in [2.24, 2.45) is 34.8 Å². The third-order valence-electron chi connectivity index (χ3n) is 9.93. The van der Waals surface area contributed by atoms with Crippen molar-refractivity contribution < 1.29 is 18.4 Å². The Kier molecular flexibility index (Phi) is 6.05. The van der Waals surface area contributed by atoms with E-state index >= 15 is 0 Å². The number of rotatable bonds is 7. The van der Waals surface area contributed by atoms with Gasteiger partial charge in [0, 0.05) is 30.0 Å². The van der Waals surface area contributed by atoms with E-state index < -0.39 is 23.1 Å². The van der Waals surface area contributed by atoms with Gasteiger partial charge in [-0.1, -0.05) is 12.5 Å². The Hall–Kier alpha value is -2.87. The fourth-order valence-electron chi connectivity index (χ4n) is 8.17. The van der Waals surface area contributed by atoms with E-state index in [2.05, 4.69) is 15.6 Å². The number of nitrogens with two attached hydrogens (primary N) is 1. The minimum atomic E-state index is -0.863. The Morgan fingerprint density at radius 1 is 1.03 bits per heavy atom. The summed E-state index contributed by atoms with van der Waals surface area (Å²) in [6.45, 7) is 0.369. The molecule has 7 rings (SSSR count). The van der Waals surface area contributed by atoms with Gasteiger partial charge in [0.25, 0.3) is 0 Å². The first-order valence-corrected chi connectivity index (χ1v) is 13.5. The molecule has 1 aromatic heterocycles. The van der Waals surface area contributed by atoms with Crippen LogP contribution in [0.4, 0.5) is 14.5 Å². The topological polar surface area (TPSA) is 97.1 Å². The summed E-state index contributed by atoms with van der Waals surface area (Å²) in [6.07, 6.45) is 10.4. The fraction of sp³-hybridized carbons (Fsp3) is 0.552. The van der Waals surface area contributed by atoms with Crippen LogP contribution < -0.4 is 16.4 Å². The average Bonchev–Trinajstić information content (AvgIpc) is 2.85. The van der Waals surface area contributed by atoms with Crippen molar-refractivity contribution >= 4 is 17.5 Å². The molecule has 3 atom stereocenters. The van der Waals surface area contributed by atoms with Crippen molar-refractivity contribution in [3.63, 3.8) is 0 Å². The van der Waals surface area contributed by atoms with Crippen LogP contribution in [0.15, 0.2) is 42.7 Å². The zero-order valence-electron chi connectivity index (χ0n) is 20.9. The van der Waals surface area contributed by atoms with Crippen LogP contribution in [0.1, 0.15) is 56.9 Å². The van der Waals surface area contributed by atoms with Crippen molar-refractivity contribution in [1.82, 2.24) is 10.3 Å². The molecule has 5 fully saturated rings. The molecule has 196 valence electrons. The molecule has 5 aliphatic carbocycles. The van der Waals surface area contributed by atoms with Gasteiger partial charge in [0.2, 0.25) is 11.8 Å². The summed E-state index contributed by atoms with van der Waals surface area (Å²) in [5.41, 5.74) is 7.35. The number of carbonyl (C=O) groups is 2. The van der Waals surface area contributed by atoms with Crippen LogP contribution in [0.25, 0.3) is 0 Å². The van der Waals surface area contributed by atoms with Crippen molar-refractivity contribution in [3.8, 4) is 0 Å². The van der Waals surface area contributed by atoms with Crippen LogP contribution in [0.3, 0.4) is 0 Å². The number of amides is 2. The van der Waals surface area contributed by atoms with E-state index in [1.165, 1.54) is 6.07 Å². The van der Waals surface area contributed by atoms with Crippen LogP contribution in [0.5, 0.6) is 0 Å². The van der Waals surface area contributed by atoms with Gasteiger partial charge in [0.1, 0.15) is 0 Å². The highest BCUT2D eigenvalue weighted by Crippen LogP contribution is 2.63. The van der Waals surface area contributed by atoms with E-state index in [1.807, 2.05) is 0 Å². The highest BCUT2D eigenvalue weighted by Gasteiger charge is 2.60. The first-order chi connectivity index (χ1) is 17.8. The van der Waals surface area contributed by atoms with Gasteiger partial charge in [-0.05, 0) is 98.4 Å². The summed E-state index contributed by atoms with van der Waals surface area (Å²) in [6, 6.07) is 7.01. The van der Waals surface area contributed by atoms with Gasteiger partial charge >= 0.3 is 0 Å². The van der Waals surface area contributed by atoms with Gasteiger partial charge in [0.05, 0.1) is 11.5 Å².